The van der Waals surface area contributed by atoms with E-state index in [-0.39, 0.29) is 5.56 Å². The number of carboxylic acid groups (broad SMARTS) is 1. The van der Waals surface area contributed by atoms with Gasteiger partial charge < -0.3 is 14.4 Å². The summed E-state index contributed by atoms with van der Waals surface area (Å²) in [5, 5.41) is 13.1. The van der Waals surface area contributed by atoms with Crippen LogP contribution in [0.5, 0.6) is 5.75 Å². The van der Waals surface area contributed by atoms with Gasteiger partial charge in [-0.25, -0.2) is 4.79 Å². The zero-order valence-electron chi connectivity index (χ0n) is 7.35. The van der Waals surface area contributed by atoms with Gasteiger partial charge >= 0.3 is 5.97 Å². The number of fused-ring (bicyclic) bond motifs is 1. The number of benzene rings is 1. The summed E-state index contributed by atoms with van der Waals surface area (Å²) in [6.45, 7) is 0. The SMILES string of the molecule is COc1cc(C(=O)O)cc2conc12. The zero-order chi connectivity index (χ0) is 10.1. The minimum atomic E-state index is -1.01. The number of rotatable bonds is 2. The van der Waals surface area contributed by atoms with Crippen molar-refractivity contribution in [3.8, 4) is 5.75 Å². The van der Waals surface area contributed by atoms with Gasteiger partial charge in [0.15, 0.2) is 5.52 Å². The van der Waals surface area contributed by atoms with Gasteiger partial charge in [0, 0.05) is 5.39 Å². The van der Waals surface area contributed by atoms with Crippen LogP contribution in [0.2, 0.25) is 0 Å². The molecule has 72 valence electrons. The summed E-state index contributed by atoms with van der Waals surface area (Å²) in [7, 11) is 1.45. The molecule has 0 saturated heterocycles. The first kappa shape index (κ1) is 8.55. The number of hydrogen-bond donors (Lipinski definition) is 1. The van der Waals surface area contributed by atoms with E-state index in [1.165, 1.54) is 25.5 Å². The van der Waals surface area contributed by atoms with Crippen molar-refractivity contribution in [2.45, 2.75) is 0 Å². The third-order valence-electron chi connectivity index (χ3n) is 1.89. The fraction of sp³-hybridized carbons (Fsp3) is 0.111. The van der Waals surface area contributed by atoms with E-state index in [9.17, 15) is 4.79 Å². The first-order valence-corrected chi connectivity index (χ1v) is 3.88. The summed E-state index contributed by atoms with van der Waals surface area (Å²) in [5.41, 5.74) is 0.676. The quantitative estimate of drug-likeness (QED) is 0.782. The van der Waals surface area contributed by atoms with E-state index < -0.39 is 5.97 Å². The maximum absolute atomic E-state index is 10.7. The Kier molecular flexibility index (Phi) is 1.85. The predicted octanol–water partition coefficient (Wildman–Crippen LogP) is 1.53. The molecular weight excluding hydrogens is 186 g/mol. The van der Waals surface area contributed by atoms with Crippen LogP contribution in [0.25, 0.3) is 10.9 Å². The van der Waals surface area contributed by atoms with Crippen molar-refractivity contribution in [1.29, 1.82) is 0 Å². The lowest BCUT2D eigenvalue weighted by Crippen LogP contribution is -1.97. The maximum atomic E-state index is 10.7. The number of carbonyl (C=O) groups is 1. The lowest BCUT2D eigenvalue weighted by Gasteiger charge is -2.01. The van der Waals surface area contributed by atoms with Crippen molar-refractivity contribution >= 4 is 16.9 Å². The summed E-state index contributed by atoms with van der Waals surface area (Å²) in [5.74, 6) is -0.611. The molecule has 5 nitrogen and oxygen atoms in total. The Morgan fingerprint density at radius 1 is 1.57 bits per heavy atom. The molecule has 2 rings (SSSR count). The molecule has 14 heavy (non-hydrogen) atoms. The van der Waals surface area contributed by atoms with E-state index in [0.29, 0.717) is 16.7 Å². The van der Waals surface area contributed by atoms with E-state index in [2.05, 4.69) is 5.16 Å². The fourth-order valence-corrected chi connectivity index (χ4v) is 1.23. The first-order chi connectivity index (χ1) is 6.72. The molecule has 0 atom stereocenters. The van der Waals surface area contributed by atoms with E-state index in [0.717, 1.165) is 0 Å². The Labute approximate surface area is 78.9 Å². The van der Waals surface area contributed by atoms with E-state index >= 15 is 0 Å². The van der Waals surface area contributed by atoms with Crippen LogP contribution in [-0.2, 0) is 0 Å². The topological polar surface area (TPSA) is 72.6 Å². The van der Waals surface area contributed by atoms with Gasteiger partial charge in [0.2, 0.25) is 0 Å². The van der Waals surface area contributed by atoms with Crippen LogP contribution >= 0.6 is 0 Å². The third kappa shape index (κ3) is 1.19. The molecule has 1 N–H and O–H groups in total. The van der Waals surface area contributed by atoms with Gasteiger partial charge in [0.1, 0.15) is 12.0 Å². The second kappa shape index (κ2) is 3.02. The van der Waals surface area contributed by atoms with Crippen LogP contribution in [0.3, 0.4) is 0 Å². The summed E-state index contributed by atoms with van der Waals surface area (Å²) >= 11 is 0. The summed E-state index contributed by atoms with van der Waals surface area (Å²) in [6.07, 6.45) is 1.38. The molecule has 0 amide bonds. The van der Waals surface area contributed by atoms with Crippen molar-refractivity contribution in [3.05, 3.63) is 24.0 Å². The highest BCUT2D eigenvalue weighted by Crippen LogP contribution is 2.25. The lowest BCUT2D eigenvalue weighted by atomic mass is 10.1. The minimum Gasteiger partial charge on any atom is -0.494 e. The molecule has 0 bridgehead atoms. The number of aromatic carboxylic acids is 1. The number of methoxy groups -OCH3 is 1. The summed E-state index contributed by atoms with van der Waals surface area (Å²) in [4.78, 5) is 10.7. The highest BCUT2D eigenvalue weighted by molar-refractivity contribution is 5.95. The van der Waals surface area contributed by atoms with Gasteiger partial charge in [0.05, 0.1) is 12.7 Å². The van der Waals surface area contributed by atoms with Crippen LogP contribution in [0.4, 0.5) is 0 Å². The molecule has 0 aliphatic rings. The zero-order valence-corrected chi connectivity index (χ0v) is 7.35. The van der Waals surface area contributed by atoms with E-state index in [1.54, 1.807) is 0 Å². The van der Waals surface area contributed by atoms with Crippen LogP contribution < -0.4 is 4.74 Å². The molecule has 5 heteroatoms. The van der Waals surface area contributed by atoms with Gasteiger partial charge in [-0.2, -0.15) is 0 Å². The molecular formula is C9H7NO4. The van der Waals surface area contributed by atoms with Crippen molar-refractivity contribution < 1.29 is 19.2 Å². The molecule has 1 heterocycles. The van der Waals surface area contributed by atoms with Gasteiger partial charge in [-0.1, -0.05) is 5.16 Å². The van der Waals surface area contributed by atoms with Gasteiger partial charge in [0.25, 0.3) is 0 Å². The molecule has 2 aromatic rings. The molecule has 0 spiro atoms. The highest BCUT2D eigenvalue weighted by atomic mass is 16.5. The summed E-state index contributed by atoms with van der Waals surface area (Å²) in [6, 6.07) is 2.89. The van der Waals surface area contributed by atoms with Crippen molar-refractivity contribution in [1.82, 2.24) is 5.16 Å². The van der Waals surface area contributed by atoms with E-state index in [1.807, 2.05) is 0 Å². The normalized spacial score (nSPS) is 10.4. The lowest BCUT2D eigenvalue weighted by molar-refractivity contribution is 0.0696. The van der Waals surface area contributed by atoms with Crippen molar-refractivity contribution in [3.63, 3.8) is 0 Å². The number of aromatic nitrogens is 1. The average molecular weight is 193 g/mol. The molecule has 0 aliphatic heterocycles. The Bertz CT molecular complexity index is 489. The number of nitrogens with zero attached hydrogens (tertiary/aromatic N) is 1. The molecule has 0 unspecified atom stereocenters. The van der Waals surface area contributed by atoms with Crippen LogP contribution in [-0.4, -0.2) is 23.3 Å². The maximum Gasteiger partial charge on any atom is 0.335 e. The standard InChI is InChI=1S/C9H7NO4/c1-13-7-3-5(9(11)12)2-6-4-14-10-8(6)7/h2-4H,1H3,(H,11,12). The monoisotopic (exact) mass is 193 g/mol. The molecule has 0 fully saturated rings. The molecule has 0 saturated carbocycles. The Morgan fingerprint density at radius 3 is 3.00 bits per heavy atom. The van der Waals surface area contributed by atoms with Gasteiger partial charge in [-0.05, 0) is 12.1 Å². The Hall–Kier alpha value is -2.04. The smallest absolute Gasteiger partial charge is 0.335 e. The van der Waals surface area contributed by atoms with Crippen LogP contribution in [0, 0.1) is 0 Å². The average Bonchev–Trinajstić information content (AvgIpc) is 2.63. The highest BCUT2D eigenvalue weighted by Gasteiger charge is 2.11. The second-order valence-corrected chi connectivity index (χ2v) is 2.74. The molecule has 0 aliphatic carbocycles. The number of carboxylic acids is 1. The van der Waals surface area contributed by atoms with Crippen molar-refractivity contribution in [2.75, 3.05) is 7.11 Å². The molecule has 0 radical (unpaired) electrons. The predicted molar refractivity (Wildman–Crippen MR) is 47.5 cm³/mol. The molecule has 1 aromatic carbocycles. The fourth-order valence-electron chi connectivity index (χ4n) is 1.23. The van der Waals surface area contributed by atoms with Gasteiger partial charge in [-0.3, -0.25) is 0 Å². The van der Waals surface area contributed by atoms with Crippen LogP contribution in [0.15, 0.2) is 22.9 Å². The second-order valence-electron chi connectivity index (χ2n) is 2.74. The van der Waals surface area contributed by atoms with Gasteiger partial charge in [-0.15, -0.1) is 0 Å². The summed E-state index contributed by atoms with van der Waals surface area (Å²) < 4.78 is 9.71. The largest absolute Gasteiger partial charge is 0.494 e. The van der Waals surface area contributed by atoms with Crippen molar-refractivity contribution in [2.24, 2.45) is 0 Å². The number of hydrogen-bond acceptors (Lipinski definition) is 4. The number of ether oxygens (including phenoxy) is 1. The minimum absolute atomic E-state index is 0.151. The first-order valence-electron chi connectivity index (χ1n) is 3.88. The van der Waals surface area contributed by atoms with E-state index in [4.69, 9.17) is 14.4 Å². The molecule has 1 aromatic heterocycles. The third-order valence-corrected chi connectivity index (χ3v) is 1.89. The van der Waals surface area contributed by atoms with Crippen LogP contribution in [0.1, 0.15) is 10.4 Å². The Balaban J connectivity index is 2.73. The Morgan fingerprint density at radius 2 is 2.36 bits per heavy atom.